The van der Waals surface area contributed by atoms with Crippen molar-refractivity contribution >= 4 is 26.5 Å². The summed E-state index contributed by atoms with van der Waals surface area (Å²) in [5.74, 6) is 0.732. The van der Waals surface area contributed by atoms with Gasteiger partial charge in [0, 0.05) is 13.6 Å². The van der Waals surface area contributed by atoms with Crippen LogP contribution in [0.2, 0.25) is 0 Å². The summed E-state index contributed by atoms with van der Waals surface area (Å²) < 4.78 is 31.6. The van der Waals surface area contributed by atoms with Crippen LogP contribution in [0.25, 0.3) is 0 Å². The first-order valence-corrected chi connectivity index (χ1v) is 8.42. The molecular formula is C13H17N3O3S2. The molecule has 21 heavy (non-hydrogen) atoms. The maximum absolute atomic E-state index is 12.5. The van der Waals surface area contributed by atoms with Crippen LogP contribution in [-0.2, 0) is 16.6 Å². The highest BCUT2D eigenvalue weighted by molar-refractivity contribution is 7.91. The molecule has 0 spiro atoms. The second kappa shape index (κ2) is 6.00. The Hall–Kier alpha value is -1.64. The van der Waals surface area contributed by atoms with Gasteiger partial charge in [-0.05, 0) is 24.6 Å². The molecule has 0 saturated carbocycles. The van der Waals surface area contributed by atoms with Gasteiger partial charge >= 0.3 is 0 Å². The topological polar surface area (TPSA) is 85.5 Å². The molecule has 0 atom stereocenters. The Labute approximate surface area is 128 Å². The van der Waals surface area contributed by atoms with Crippen molar-refractivity contribution < 1.29 is 13.2 Å². The van der Waals surface area contributed by atoms with E-state index in [1.54, 1.807) is 26.2 Å². The van der Waals surface area contributed by atoms with E-state index in [4.69, 9.17) is 10.5 Å². The van der Waals surface area contributed by atoms with Gasteiger partial charge in [0.1, 0.15) is 5.75 Å². The quantitative estimate of drug-likeness (QED) is 0.906. The molecule has 0 bridgehead atoms. The number of ether oxygens (including phenoxy) is 1. The predicted octanol–water partition coefficient (Wildman–Crippen LogP) is 1.86. The Morgan fingerprint density at radius 1 is 1.33 bits per heavy atom. The normalized spacial score (nSPS) is 11.8. The average Bonchev–Trinajstić information content (AvgIpc) is 2.79. The average molecular weight is 327 g/mol. The molecule has 2 aromatic rings. The molecule has 0 aliphatic heterocycles. The van der Waals surface area contributed by atoms with Crippen molar-refractivity contribution in [2.24, 2.45) is 0 Å². The van der Waals surface area contributed by atoms with Crippen molar-refractivity contribution in [1.82, 2.24) is 9.29 Å². The molecule has 1 aromatic heterocycles. The molecule has 1 aromatic carbocycles. The third-order valence-electron chi connectivity index (χ3n) is 2.98. The standard InChI is InChI=1S/C13H17N3O3S2/c1-9-12(20-13(14)15-9)21(17,18)16(2)8-10-4-6-11(19-3)7-5-10/h4-7H,8H2,1-3H3,(H2,14,15). The van der Waals surface area contributed by atoms with Crippen LogP contribution in [0, 0.1) is 6.92 Å². The van der Waals surface area contributed by atoms with Gasteiger partial charge in [0.05, 0.1) is 12.8 Å². The van der Waals surface area contributed by atoms with E-state index < -0.39 is 10.0 Å². The minimum absolute atomic E-state index is 0.191. The summed E-state index contributed by atoms with van der Waals surface area (Å²) >= 11 is 0.983. The van der Waals surface area contributed by atoms with Crippen molar-refractivity contribution in [2.75, 3.05) is 19.9 Å². The lowest BCUT2D eigenvalue weighted by Gasteiger charge is -2.16. The Morgan fingerprint density at radius 2 is 1.95 bits per heavy atom. The van der Waals surface area contributed by atoms with Gasteiger partial charge in [-0.3, -0.25) is 0 Å². The van der Waals surface area contributed by atoms with Crippen LogP contribution in [0.1, 0.15) is 11.3 Å². The molecule has 0 aliphatic rings. The molecule has 0 unspecified atom stereocenters. The van der Waals surface area contributed by atoms with E-state index in [-0.39, 0.29) is 15.9 Å². The molecule has 0 amide bonds. The van der Waals surface area contributed by atoms with E-state index >= 15 is 0 Å². The molecule has 114 valence electrons. The van der Waals surface area contributed by atoms with Crippen molar-refractivity contribution in [2.45, 2.75) is 17.7 Å². The van der Waals surface area contributed by atoms with Gasteiger partial charge in [0.2, 0.25) is 0 Å². The number of aryl methyl sites for hydroxylation is 1. The smallest absolute Gasteiger partial charge is 0.254 e. The fourth-order valence-electron chi connectivity index (χ4n) is 1.86. The molecule has 1 heterocycles. The summed E-state index contributed by atoms with van der Waals surface area (Å²) in [5, 5.41) is 0.254. The van der Waals surface area contributed by atoms with Crippen LogP contribution < -0.4 is 10.5 Å². The Balaban J connectivity index is 2.22. The number of methoxy groups -OCH3 is 1. The number of aromatic nitrogens is 1. The second-order valence-electron chi connectivity index (χ2n) is 4.53. The Bertz CT molecular complexity index is 724. The van der Waals surface area contributed by atoms with E-state index in [9.17, 15) is 8.42 Å². The number of anilines is 1. The molecule has 0 radical (unpaired) electrons. The van der Waals surface area contributed by atoms with E-state index in [1.165, 1.54) is 11.4 Å². The fraction of sp³-hybridized carbons (Fsp3) is 0.308. The summed E-state index contributed by atoms with van der Waals surface area (Å²) in [6.45, 7) is 1.91. The van der Waals surface area contributed by atoms with Crippen LogP contribution in [0.5, 0.6) is 5.75 Å². The monoisotopic (exact) mass is 327 g/mol. The molecular weight excluding hydrogens is 310 g/mol. The van der Waals surface area contributed by atoms with Crippen molar-refractivity contribution in [3.63, 3.8) is 0 Å². The summed E-state index contributed by atoms with van der Waals surface area (Å²) in [6.07, 6.45) is 0. The van der Waals surface area contributed by atoms with E-state index in [0.717, 1.165) is 22.6 Å². The van der Waals surface area contributed by atoms with E-state index in [2.05, 4.69) is 4.98 Å². The van der Waals surface area contributed by atoms with Gasteiger partial charge in [0.25, 0.3) is 10.0 Å². The predicted molar refractivity (Wildman–Crippen MR) is 82.9 cm³/mol. The maximum Gasteiger partial charge on any atom is 0.254 e. The van der Waals surface area contributed by atoms with Crippen LogP contribution in [0.3, 0.4) is 0 Å². The second-order valence-corrected chi connectivity index (χ2v) is 7.80. The number of nitrogen functional groups attached to an aromatic ring is 1. The number of sulfonamides is 1. The number of hydrogen-bond donors (Lipinski definition) is 1. The van der Waals surface area contributed by atoms with Crippen molar-refractivity contribution in [1.29, 1.82) is 0 Å². The first-order valence-electron chi connectivity index (χ1n) is 6.16. The van der Waals surface area contributed by atoms with Gasteiger partial charge in [-0.25, -0.2) is 13.4 Å². The highest BCUT2D eigenvalue weighted by Gasteiger charge is 2.26. The number of thiazole rings is 1. The molecule has 0 fully saturated rings. The number of hydrogen-bond acceptors (Lipinski definition) is 6. The Morgan fingerprint density at radius 3 is 2.43 bits per heavy atom. The van der Waals surface area contributed by atoms with Crippen LogP contribution >= 0.6 is 11.3 Å². The zero-order valence-corrected chi connectivity index (χ0v) is 13.7. The first-order chi connectivity index (χ1) is 9.84. The Kier molecular flexibility index (Phi) is 4.50. The van der Waals surface area contributed by atoms with Gasteiger partial charge in [-0.2, -0.15) is 4.31 Å². The molecule has 2 N–H and O–H groups in total. The number of nitrogens with zero attached hydrogens (tertiary/aromatic N) is 2. The highest BCUT2D eigenvalue weighted by atomic mass is 32.2. The van der Waals surface area contributed by atoms with Crippen molar-refractivity contribution in [3.8, 4) is 5.75 Å². The van der Waals surface area contributed by atoms with Gasteiger partial charge in [0.15, 0.2) is 9.34 Å². The first kappa shape index (κ1) is 15.7. The summed E-state index contributed by atoms with van der Waals surface area (Å²) in [7, 11) is -0.462. The number of rotatable bonds is 5. The molecule has 8 heteroatoms. The molecule has 0 aliphatic carbocycles. The zero-order valence-electron chi connectivity index (χ0n) is 12.0. The molecule has 6 nitrogen and oxygen atoms in total. The molecule has 0 saturated heterocycles. The summed E-state index contributed by atoms with van der Waals surface area (Å²) in [6, 6.07) is 7.26. The van der Waals surface area contributed by atoms with E-state index in [1.807, 2.05) is 12.1 Å². The van der Waals surface area contributed by atoms with E-state index in [0.29, 0.717) is 5.69 Å². The summed E-state index contributed by atoms with van der Waals surface area (Å²) in [4.78, 5) is 3.96. The lowest BCUT2D eigenvalue weighted by Crippen LogP contribution is -2.26. The maximum atomic E-state index is 12.5. The third kappa shape index (κ3) is 3.34. The minimum atomic E-state index is -3.58. The number of nitrogens with two attached hydrogens (primary N) is 1. The SMILES string of the molecule is COc1ccc(CN(C)S(=O)(=O)c2sc(N)nc2C)cc1. The fourth-order valence-corrected chi connectivity index (χ4v) is 4.50. The largest absolute Gasteiger partial charge is 0.497 e. The lowest BCUT2D eigenvalue weighted by atomic mass is 10.2. The minimum Gasteiger partial charge on any atom is -0.497 e. The molecule has 2 rings (SSSR count). The van der Waals surface area contributed by atoms with Crippen LogP contribution in [0.15, 0.2) is 28.5 Å². The van der Waals surface area contributed by atoms with Gasteiger partial charge in [-0.15, -0.1) is 0 Å². The van der Waals surface area contributed by atoms with Gasteiger partial charge in [-0.1, -0.05) is 23.5 Å². The highest BCUT2D eigenvalue weighted by Crippen LogP contribution is 2.28. The van der Waals surface area contributed by atoms with Crippen LogP contribution in [-0.4, -0.2) is 31.9 Å². The summed E-state index contributed by atoms with van der Waals surface area (Å²) in [5.41, 5.74) is 6.87. The van der Waals surface area contributed by atoms with Crippen molar-refractivity contribution in [3.05, 3.63) is 35.5 Å². The third-order valence-corrected chi connectivity index (χ3v) is 6.36. The lowest BCUT2D eigenvalue weighted by molar-refractivity contribution is 0.414. The zero-order chi connectivity index (χ0) is 15.6. The number of benzene rings is 1. The van der Waals surface area contributed by atoms with Crippen LogP contribution in [0.4, 0.5) is 5.13 Å². The van der Waals surface area contributed by atoms with Gasteiger partial charge < -0.3 is 10.5 Å².